The van der Waals surface area contributed by atoms with E-state index in [2.05, 4.69) is 42.2 Å². The van der Waals surface area contributed by atoms with Crippen LogP contribution in [-0.2, 0) is 4.79 Å². The van der Waals surface area contributed by atoms with Crippen LogP contribution in [0.15, 0.2) is 33.2 Å². The maximum atomic E-state index is 12.4. The highest BCUT2D eigenvalue weighted by molar-refractivity contribution is 9.11. The van der Waals surface area contributed by atoms with Gasteiger partial charge in [-0.2, -0.15) is 0 Å². The third-order valence-corrected chi connectivity index (χ3v) is 5.81. The first kappa shape index (κ1) is 15.6. The highest BCUT2D eigenvalue weighted by Crippen LogP contribution is 2.42. The standard InChI is InChI=1S/C16H9Br2N3O2S/c17-8-4-6(5-9(18)13(8)22)3-7-12-10(20-15(7)23)1-2-11-14(12)24-16(19)21-11/h1-5,22H,(H2,19,21)(H,20,23)/b7-3+. The number of hydrogen-bond donors (Lipinski definition) is 3. The highest BCUT2D eigenvalue weighted by Gasteiger charge is 2.27. The van der Waals surface area contributed by atoms with E-state index >= 15 is 0 Å². The number of nitrogens with two attached hydrogens (primary N) is 1. The molecule has 1 aliphatic rings. The molecule has 0 bridgehead atoms. The smallest absolute Gasteiger partial charge is 0.256 e. The van der Waals surface area contributed by atoms with E-state index < -0.39 is 0 Å². The largest absolute Gasteiger partial charge is 0.506 e. The van der Waals surface area contributed by atoms with Crippen molar-refractivity contribution in [2.75, 3.05) is 11.1 Å². The summed E-state index contributed by atoms with van der Waals surface area (Å²) in [6.07, 6.45) is 1.78. The van der Waals surface area contributed by atoms with Gasteiger partial charge < -0.3 is 16.2 Å². The van der Waals surface area contributed by atoms with E-state index in [4.69, 9.17) is 5.73 Å². The number of phenols is 1. The second kappa shape index (κ2) is 5.58. The van der Waals surface area contributed by atoms with Gasteiger partial charge in [-0.25, -0.2) is 4.98 Å². The molecular weight excluding hydrogens is 458 g/mol. The number of anilines is 2. The molecule has 8 heteroatoms. The number of carbonyl (C=O) groups excluding carboxylic acids is 1. The number of thiazole rings is 1. The number of nitrogens with one attached hydrogen (secondary N) is 1. The molecule has 0 aliphatic carbocycles. The summed E-state index contributed by atoms with van der Waals surface area (Å²) in [5, 5.41) is 13.2. The Labute approximate surface area is 157 Å². The number of carbonyl (C=O) groups is 1. The number of fused-ring (bicyclic) bond motifs is 3. The molecule has 3 aromatic rings. The number of aromatic hydroxyl groups is 1. The van der Waals surface area contributed by atoms with Crippen molar-refractivity contribution >= 4 is 81.8 Å². The third kappa shape index (κ3) is 2.42. The minimum Gasteiger partial charge on any atom is -0.506 e. The predicted molar refractivity (Wildman–Crippen MR) is 104 cm³/mol. The molecule has 120 valence electrons. The molecule has 1 aliphatic heterocycles. The molecule has 0 spiro atoms. The summed E-state index contributed by atoms with van der Waals surface area (Å²) in [6, 6.07) is 7.18. The zero-order valence-electron chi connectivity index (χ0n) is 11.9. The minimum atomic E-state index is -0.176. The van der Waals surface area contributed by atoms with Gasteiger partial charge in [-0.05, 0) is 67.8 Å². The van der Waals surface area contributed by atoms with Crippen LogP contribution in [0.1, 0.15) is 11.1 Å². The van der Waals surface area contributed by atoms with Crippen molar-refractivity contribution in [1.82, 2.24) is 4.98 Å². The molecule has 0 unspecified atom stereocenters. The van der Waals surface area contributed by atoms with E-state index in [1.54, 1.807) is 18.2 Å². The third-order valence-electron chi connectivity index (χ3n) is 3.69. The van der Waals surface area contributed by atoms with Gasteiger partial charge in [0.15, 0.2) is 5.13 Å². The highest BCUT2D eigenvalue weighted by atomic mass is 79.9. The Morgan fingerprint density at radius 2 is 1.96 bits per heavy atom. The first-order valence-corrected chi connectivity index (χ1v) is 9.25. The van der Waals surface area contributed by atoms with Gasteiger partial charge in [-0.15, -0.1) is 0 Å². The lowest BCUT2D eigenvalue weighted by Crippen LogP contribution is -2.03. The minimum absolute atomic E-state index is 0.117. The molecule has 2 aromatic carbocycles. The van der Waals surface area contributed by atoms with E-state index in [0.29, 0.717) is 19.7 Å². The fourth-order valence-corrected chi connectivity index (χ4v) is 4.77. The monoisotopic (exact) mass is 465 g/mol. The SMILES string of the molecule is Nc1nc2ccc3c(c2s1)/C(=C\c1cc(Br)c(O)c(Br)c1)C(=O)N3. The molecule has 0 radical (unpaired) electrons. The number of benzene rings is 2. The van der Waals surface area contributed by atoms with Crippen molar-refractivity contribution in [3.05, 3.63) is 44.3 Å². The lowest BCUT2D eigenvalue weighted by Gasteiger charge is -2.04. The van der Waals surface area contributed by atoms with Crippen LogP contribution in [0.25, 0.3) is 21.9 Å². The lowest BCUT2D eigenvalue weighted by atomic mass is 10.0. The number of nitrogens with zero attached hydrogens (tertiary/aromatic N) is 1. The fraction of sp³-hybridized carbons (Fsp3) is 0. The molecule has 0 saturated carbocycles. The summed E-state index contributed by atoms with van der Waals surface area (Å²) >= 11 is 7.96. The van der Waals surface area contributed by atoms with E-state index in [1.807, 2.05) is 12.1 Å². The van der Waals surface area contributed by atoms with Crippen molar-refractivity contribution in [2.24, 2.45) is 0 Å². The van der Waals surface area contributed by atoms with E-state index in [1.165, 1.54) is 11.3 Å². The topological polar surface area (TPSA) is 88.2 Å². The summed E-state index contributed by atoms with van der Waals surface area (Å²) < 4.78 is 1.97. The normalized spacial score (nSPS) is 15.1. The number of phenolic OH excluding ortho intramolecular Hbond substituents is 1. The Bertz CT molecular complexity index is 1040. The quantitative estimate of drug-likeness (QED) is 0.457. The first-order valence-electron chi connectivity index (χ1n) is 6.84. The summed E-state index contributed by atoms with van der Waals surface area (Å²) in [4.78, 5) is 16.7. The van der Waals surface area contributed by atoms with Gasteiger partial charge in [0.05, 0.1) is 30.4 Å². The molecule has 2 heterocycles. The van der Waals surface area contributed by atoms with Gasteiger partial charge in [-0.1, -0.05) is 11.3 Å². The Kier molecular flexibility index (Phi) is 3.63. The van der Waals surface area contributed by atoms with Gasteiger partial charge in [0.1, 0.15) is 5.75 Å². The lowest BCUT2D eigenvalue weighted by molar-refractivity contribution is -0.110. The summed E-state index contributed by atoms with van der Waals surface area (Å²) in [6.45, 7) is 0. The first-order chi connectivity index (χ1) is 11.4. The molecular formula is C16H9Br2N3O2S. The van der Waals surface area contributed by atoms with Crippen LogP contribution in [0.2, 0.25) is 0 Å². The van der Waals surface area contributed by atoms with Crippen molar-refractivity contribution in [3.8, 4) is 5.75 Å². The Hall–Kier alpha value is -1.90. The van der Waals surface area contributed by atoms with Crippen LogP contribution < -0.4 is 11.1 Å². The number of amides is 1. The van der Waals surface area contributed by atoms with Crippen LogP contribution in [0, 0.1) is 0 Å². The molecule has 0 atom stereocenters. The van der Waals surface area contributed by atoms with Crippen molar-refractivity contribution in [2.45, 2.75) is 0 Å². The zero-order valence-corrected chi connectivity index (χ0v) is 15.9. The van der Waals surface area contributed by atoms with E-state index in [0.717, 1.165) is 27.0 Å². The second-order valence-corrected chi connectivity index (χ2v) is 7.97. The Morgan fingerprint density at radius 3 is 2.67 bits per heavy atom. The Morgan fingerprint density at radius 1 is 1.25 bits per heavy atom. The maximum Gasteiger partial charge on any atom is 0.256 e. The molecule has 1 aromatic heterocycles. The number of hydrogen-bond acceptors (Lipinski definition) is 5. The van der Waals surface area contributed by atoms with Crippen LogP contribution in [0.4, 0.5) is 10.8 Å². The fourth-order valence-electron chi connectivity index (χ4n) is 2.66. The maximum absolute atomic E-state index is 12.4. The average molecular weight is 467 g/mol. The molecule has 1 amide bonds. The van der Waals surface area contributed by atoms with Crippen LogP contribution in [0.5, 0.6) is 5.75 Å². The molecule has 4 rings (SSSR count). The molecule has 24 heavy (non-hydrogen) atoms. The van der Waals surface area contributed by atoms with Crippen LogP contribution in [-0.4, -0.2) is 16.0 Å². The van der Waals surface area contributed by atoms with Crippen LogP contribution >= 0.6 is 43.2 Å². The van der Waals surface area contributed by atoms with E-state index in [9.17, 15) is 9.90 Å². The van der Waals surface area contributed by atoms with Gasteiger partial charge in [-0.3, -0.25) is 4.79 Å². The van der Waals surface area contributed by atoms with Gasteiger partial charge in [0, 0.05) is 5.56 Å². The zero-order chi connectivity index (χ0) is 17.0. The van der Waals surface area contributed by atoms with Gasteiger partial charge >= 0.3 is 0 Å². The molecule has 5 nitrogen and oxygen atoms in total. The summed E-state index contributed by atoms with van der Waals surface area (Å²) in [5.74, 6) is -0.0594. The number of aromatic nitrogens is 1. The van der Waals surface area contributed by atoms with Crippen molar-refractivity contribution < 1.29 is 9.90 Å². The number of halogens is 2. The number of nitrogen functional groups attached to an aromatic ring is 1. The Balaban J connectivity index is 1.95. The average Bonchev–Trinajstić information content (AvgIpc) is 3.04. The van der Waals surface area contributed by atoms with E-state index in [-0.39, 0.29) is 11.7 Å². The van der Waals surface area contributed by atoms with Crippen molar-refractivity contribution in [3.63, 3.8) is 0 Å². The predicted octanol–water partition coefficient (Wildman–Crippen LogP) is 4.60. The van der Waals surface area contributed by atoms with Crippen LogP contribution in [0.3, 0.4) is 0 Å². The van der Waals surface area contributed by atoms with Gasteiger partial charge in [0.25, 0.3) is 5.91 Å². The summed E-state index contributed by atoms with van der Waals surface area (Å²) in [5.41, 5.74) is 9.47. The molecule has 0 saturated heterocycles. The number of rotatable bonds is 1. The van der Waals surface area contributed by atoms with Crippen molar-refractivity contribution in [1.29, 1.82) is 0 Å². The van der Waals surface area contributed by atoms with Gasteiger partial charge in [0.2, 0.25) is 0 Å². The summed E-state index contributed by atoms with van der Waals surface area (Å²) in [7, 11) is 0. The second-order valence-electron chi connectivity index (χ2n) is 5.23. The molecule has 0 fully saturated rings. The molecule has 4 N–H and O–H groups in total.